The summed E-state index contributed by atoms with van der Waals surface area (Å²) in [6.07, 6.45) is 4.83. The fourth-order valence-corrected chi connectivity index (χ4v) is 4.03. The Bertz CT molecular complexity index is 883. The molecule has 2 nitrogen and oxygen atoms in total. The van der Waals surface area contributed by atoms with E-state index < -0.39 is 0 Å². The summed E-state index contributed by atoms with van der Waals surface area (Å²) in [5.41, 5.74) is 4.86. The standard InChI is InChI=1S/C21H19NO/c1-2-6-16(7-3-1)20-17-8-4-5-9-19(17)23-21(20)18-14-22-12-10-15(18)11-13-22/h1-9,14-15H,10-13H2. The normalized spacial score (nSPS) is 17.7. The van der Waals surface area contributed by atoms with Crippen molar-refractivity contribution in [2.75, 3.05) is 13.1 Å². The Kier molecular flexibility index (Phi) is 2.84. The van der Waals surface area contributed by atoms with Crippen molar-refractivity contribution in [3.05, 3.63) is 66.6 Å². The van der Waals surface area contributed by atoms with Crippen LogP contribution in [-0.2, 0) is 0 Å². The first-order valence-corrected chi connectivity index (χ1v) is 8.43. The molecule has 3 aliphatic rings. The first-order chi connectivity index (χ1) is 11.4. The van der Waals surface area contributed by atoms with Gasteiger partial charge in [0.25, 0.3) is 0 Å². The van der Waals surface area contributed by atoms with E-state index in [-0.39, 0.29) is 0 Å². The van der Waals surface area contributed by atoms with Gasteiger partial charge < -0.3 is 9.32 Å². The minimum Gasteiger partial charge on any atom is -0.456 e. The first-order valence-electron chi connectivity index (χ1n) is 8.43. The lowest BCUT2D eigenvalue weighted by molar-refractivity contribution is 0.250. The van der Waals surface area contributed by atoms with Gasteiger partial charge in [-0.15, -0.1) is 0 Å². The maximum absolute atomic E-state index is 6.35. The lowest BCUT2D eigenvalue weighted by Crippen LogP contribution is -2.35. The summed E-state index contributed by atoms with van der Waals surface area (Å²) in [5, 5.41) is 1.21. The quantitative estimate of drug-likeness (QED) is 0.649. The highest BCUT2D eigenvalue weighted by Crippen LogP contribution is 2.45. The summed E-state index contributed by atoms with van der Waals surface area (Å²) >= 11 is 0. The number of hydrogen-bond acceptors (Lipinski definition) is 2. The smallest absolute Gasteiger partial charge is 0.140 e. The van der Waals surface area contributed by atoms with E-state index in [1.165, 1.54) is 48.0 Å². The molecule has 114 valence electrons. The third kappa shape index (κ3) is 2.02. The summed E-state index contributed by atoms with van der Waals surface area (Å²) in [5.74, 6) is 1.72. The Morgan fingerprint density at radius 1 is 0.870 bits per heavy atom. The topological polar surface area (TPSA) is 16.4 Å². The average molecular weight is 301 g/mol. The first kappa shape index (κ1) is 13.0. The Labute approximate surface area is 136 Å². The molecule has 1 saturated heterocycles. The number of fused-ring (bicyclic) bond motifs is 3. The van der Waals surface area contributed by atoms with E-state index in [0.717, 1.165) is 11.3 Å². The number of allylic oxidation sites excluding steroid dienone is 1. The van der Waals surface area contributed by atoms with E-state index in [1.54, 1.807) is 0 Å². The Hall–Kier alpha value is -2.48. The molecule has 0 spiro atoms. The molecule has 3 aliphatic heterocycles. The van der Waals surface area contributed by atoms with Gasteiger partial charge in [0.15, 0.2) is 0 Å². The molecule has 3 aromatic rings. The van der Waals surface area contributed by atoms with Crippen molar-refractivity contribution < 1.29 is 4.42 Å². The Balaban J connectivity index is 1.78. The summed E-state index contributed by atoms with van der Waals surface area (Å²) in [6, 6.07) is 19.0. The molecular weight excluding hydrogens is 282 g/mol. The van der Waals surface area contributed by atoms with Crippen molar-refractivity contribution in [1.29, 1.82) is 0 Å². The molecular formula is C21H19NO. The van der Waals surface area contributed by atoms with Crippen LogP contribution in [0.5, 0.6) is 0 Å². The third-order valence-electron chi connectivity index (χ3n) is 5.21. The van der Waals surface area contributed by atoms with E-state index in [1.807, 2.05) is 0 Å². The van der Waals surface area contributed by atoms with Crippen LogP contribution in [0.3, 0.4) is 0 Å². The SMILES string of the molecule is C1=C(c2oc3ccccc3c2-c2ccccc2)C2CCN1CC2. The summed E-state index contributed by atoms with van der Waals surface area (Å²) in [4.78, 5) is 2.44. The zero-order chi connectivity index (χ0) is 15.2. The van der Waals surface area contributed by atoms with Gasteiger partial charge in [0.05, 0.1) is 0 Å². The molecule has 1 fully saturated rings. The largest absolute Gasteiger partial charge is 0.456 e. The highest BCUT2D eigenvalue weighted by atomic mass is 16.3. The molecule has 0 amide bonds. The zero-order valence-corrected chi connectivity index (χ0v) is 13.0. The van der Waals surface area contributed by atoms with Gasteiger partial charge >= 0.3 is 0 Å². The van der Waals surface area contributed by atoms with Crippen molar-refractivity contribution in [3.8, 4) is 11.1 Å². The molecule has 4 heterocycles. The maximum Gasteiger partial charge on any atom is 0.140 e. The van der Waals surface area contributed by atoms with E-state index in [4.69, 9.17) is 4.42 Å². The van der Waals surface area contributed by atoms with Gasteiger partial charge in [-0.25, -0.2) is 0 Å². The van der Waals surface area contributed by atoms with Gasteiger partial charge in [-0.2, -0.15) is 0 Å². The molecule has 0 aliphatic carbocycles. The summed E-state index contributed by atoms with van der Waals surface area (Å²) < 4.78 is 6.35. The summed E-state index contributed by atoms with van der Waals surface area (Å²) in [6.45, 7) is 2.38. The maximum atomic E-state index is 6.35. The van der Waals surface area contributed by atoms with Crippen LogP contribution < -0.4 is 0 Å². The fraction of sp³-hybridized carbons (Fsp3) is 0.238. The van der Waals surface area contributed by atoms with E-state index in [9.17, 15) is 0 Å². The van der Waals surface area contributed by atoms with Crippen LogP contribution >= 0.6 is 0 Å². The second kappa shape index (κ2) is 5.02. The Morgan fingerprint density at radius 3 is 2.35 bits per heavy atom. The van der Waals surface area contributed by atoms with Crippen molar-refractivity contribution >= 4 is 16.5 Å². The van der Waals surface area contributed by atoms with Crippen molar-refractivity contribution in [3.63, 3.8) is 0 Å². The monoisotopic (exact) mass is 301 g/mol. The highest BCUT2D eigenvalue weighted by molar-refractivity contribution is 6.00. The molecule has 0 radical (unpaired) electrons. The fourth-order valence-electron chi connectivity index (χ4n) is 4.03. The third-order valence-corrected chi connectivity index (χ3v) is 5.21. The number of piperidine rings is 1. The van der Waals surface area contributed by atoms with Gasteiger partial charge in [0.1, 0.15) is 11.3 Å². The number of para-hydroxylation sites is 1. The predicted molar refractivity (Wildman–Crippen MR) is 93.9 cm³/mol. The molecule has 23 heavy (non-hydrogen) atoms. The number of nitrogens with zero attached hydrogens (tertiary/aromatic N) is 1. The van der Waals surface area contributed by atoms with Crippen LogP contribution in [0.4, 0.5) is 0 Å². The molecule has 0 saturated carbocycles. The van der Waals surface area contributed by atoms with E-state index in [2.05, 4.69) is 65.7 Å². The highest BCUT2D eigenvalue weighted by Gasteiger charge is 2.31. The number of rotatable bonds is 2. The molecule has 0 unspecified atom stereocenters. The minimum atomic E-state index is 0.642. The van der Waals surface area contributed by atoms with Gasteiger partial charge in [-0.05, 0) is 30.4 Å². The van der Waals surface area contributed by atoms with Crippen LogP contribution in [0.1, 0.15) is 18.6 Å². The lowest BCUT2D eigenvalue weighted by Gasteiger charge is -2.38. The minimum absolute atomic E-state index is 0.642. The van der Waals surface area contributed by atoms with Crippen molar-refractivity contribution in [2.24, 2.45) is 5.92 Å². The molecule has 1 aromatic heterocycles. The molecule has 2 aromatic carbocycles. The molecule has 2 bridgehead atoms. The van der Waals surface area contributed by atoms with E-state index >= 15 is 0 Å². The molecule has 6 rings (SSSR count). The van der Waals surface area contributed by atoms with Gasteiger partial charge in [0, 0.05) is 35.8 Å². The van der Waals surface area contributed by atoms with Crippen LogP contribution in [0, 0.1) is 5.92 Å². The number of furan rings is 1. The number of benzene rings is 2. The van der Waals surface area contributed by atoms with Crippen molar-refractivity contribution in [2.45, 2.75) is 12.8 Å². The second-order valence-electron chi connectivity index (χ2n) is 6.56. The average Bonchev–Trinajstić information content (AvgIpc) is 3.03. The zero-order valence-electron chi connectivity index (χ0n) is 13.0. The van der Waals surface area contributed by atoms with Crippen LogP contribution in [0.25, 0.3) is 27.7 Å². The van der Waals surface area contributed by atoms with Gasteiger partial charge in [-0.1, -0.05) is 48.5 Å². The van der Waals surface area contributed by atoms with Crippen LogP contribution in [-0.4, -0.2) is 18.0 Å². The molecule has 2 heteroatoms. The molecule has 0 N–H and O–H groups in total. The van der Waals surface area contributed by atoms with Crippen LogP contribution in [0.2, 0.25) is 0 Å². The predicted octanol–water partition coefficient (Wildman–Crippen LogP) is 5.17. The van der Waals surface area contributed by atoms with E-state index in [0.29, 0.717) is 5.92 Å². The van der Waals surface area contributed by atoms with Crippen molar-refractivity contribution in [1.82, 2.24) is 4.90 Å². The van der Waals surface area contributed by atoms with Gasteiger partial charge in [0.2, 0.25) is 0 Å². The summed E-state index contributed by atoms with van der Waals surface area (Å²) in [7, 11) is 0. The Morgan fingerprint density at radius 2 is 1.61 bits per heavy atom. The lowest BCUT2D eigenvalue weighted by atomic mass is 9.83. The number of hydrogen-bond donors (Lipinski definition) is 0. The second-order valence-corrected chi connectivity index (χ2v) is 6.56. The van der Waals surface area contributed by atoms with Gasteiger partial charge in [-0.3, -0.25) is 0 Å². The van der Waals surface area contributed by atoms with Crippen LogP contribution in [0.15, 0.2) is 65.2 Å². The molecule has 0 atom stereocenters.